The highest BCUT2D eigenvalue weighted by Crippen LogP contribution is 2.38. The van der Waals surface area contributed by atoms with Gasteiger partial charge >= 0.3 is 0 Å². The van der Waals surface area contributed by atoms with Crippen molar-refractivity contribution in [2.24, 2.45) is 0 Å². The first-order chi connectivity index (χ1) is 8.91. The normalized spacial score (nSPS) is 12.5. The van der Waals surface area contributed by atoms with Gasteiger partial charge in [-0.15, -0.1) is 0 Å². The summed E-state index contributed by atoms with van der Waals surface area (Å²) in [5, 5.41) is 0.825. The van der Waals surface area contributed by atoms with E-state index < -0.39 is 0 Å². The molecule has 2 rings (SSSR count). The number of halogens is 2. The number of hydrogen-bond donors (Lipinski definition) is 0. The van der Waals surface area contributed by atoms with E-state index in [-0.39, 0.29) is 4.83 Å². The van der Waals surface area contributed by atoms with Crippen molar-refractivity contribution in [2.75, 3.05) is 0 Å². The van der Waals surface area contributed by atoms with Gasteiger partial charge in [0.15, 0.2) is 0 Å². The molecule has 0 aliphatic heterocycles. The predicted molar refractivity (Wildman–Crippen MR) is 87.6 cm³/mol. The Morgan fingerprint density at radius 1 is 0.895 bits per heavy atom. The largest absolute Gasteiger partial charge is 0.0840 e. The Balaban J connectivity index is 2.53. The van der Waals surface area contributed by atoms with Crippen LogP contribution in [0.25, 0.3) is 0 Å². The van der Waals surface area contributed by atoms with E-state index in [0.29, 0.717) is 0 Å². The Labute approximate surface area is 128 Å². The van der Waals surface area contributed by atoms with Crippen molar-refractivity contribution in [1.29, 1.82) is 0 Å². The Morgan fingerprint density at radius 3 is 2.21 bits per heavy atom. The lowest BCUT2D eigenvalue weighted by atomic mass is 9.95. The van der Waals surface area contributed by atoms with E-state index in [1.54, 1.807) is 0 Å². The molecule has 0 saturated heterocycles. The van der Waals surface area contributed by atoms with Crippen LogP contribution in [-0.4, -0.2) is 0 Å². The predicted octanol–water partition coefficient (Wildman–Crippen LogP) is 6.06. The molecule has 0 amide bonds. The van der Waals surface area contributed by atoms with Crippen molar-refractivity contribution in [3.8, 4) is 0 Å². The summed E-state index contributed by atoms with van der Waals surface area (Å²) in [6.07, 6.45) is 0. The molecule has 0 aromatic heterocycles. The molecule has 0 aliphatic rings. The van der Waals surface area contributed by atoms with E-state index in [0.717, 1.165) is 10.6 Å². The molecule has 2 aromatic rings. The molecule has 0 nitrogen and oxygen atoms in total. The maximum atomic E-state index is 6.41. The fourth-order valence-corrected chi connectivity index (χ4v) is 3.55. The summed E-state index contributed by atoms with van der Waals surface area (Å²) in [5.74, 6) is 0. The number of hydrogen-bond acceptors (Lipinski definition) is 0. The highest BCUT2D eigenvalue weighted by Gasteiger charge is 2.17. The number of aryl methyl sites for hydroxylation is 3. The molecular weight excluding hydrogens is 320 g/mol. The van der Waals surface area contributed by atoms with E-state index >= 15 is 0 Å². The molecule has 0 bridgehead atoms. The smallest absolute Gasteiger partial charge is 0.0661 e. The van der Waals surface area contributed by atoms with Gasteiger partial charge in [0.05, 0.1) is 4.83 Å². The highest BCUT2D eigenvalue weighted by molar-refractivity contribution is 9.09. The van der Waals surface area contributed by atoms with Crippen LogP contribution >= 0.6 is 27.5 Å². The van der Waals surface area contributed by atoms with Gasteiger partial charge in [-0.1, -0.05) is 51.8 Å². The first-order valence-corrected chi connectivity index (χ1v) is 7.68. The maximum absolute atomic E-state index is 6.41. The van der Waals surface area contributed by atoms with E-state index in [4.69, 9.17) is 11.6 Å². The molecule has 0 heterocycles. The Bertz CT molecular complexity index is 617. The highest BCUT2D eigenvalue weighted by atomic mass is 79.9. The van der Waals surface area contributed by atoms with Crippen LogP contribution in [0, 0.1) is 27.7 Å². The van der Waals surface area contributed by atoms with Gasteiger partial charge in [0, 0.05) is 5.02 Å². The molecular formula is C17H18BrCl. The summed E-state index contributed by atoms with van der Waals surface area (Å²) >= 11 is 10.2. The lowest BCUT2D eigenvalue weighted by Gasteiger charge is -2.18. The molecule has 0 saturated carbocycles. The van der Waals surface area contributed by atoms with Crippen molar-refractivity contribution in [3.63, 3.8) is 0 Å². The minimum absolute atomic E-state index is 0.138. The number of alkyl halides is 1. The summed E-state index contributed by atoms with van der Waals surface area (Å²) in [6, 6.07) is 10.6. The van der Waals surface area contributed by atoms with Gasteiger partial charge in [0.25, 0.3) is 0 Å². The zero-order valence-corrected chi connectivity index (χ0v) is 14.1. The van der Waals surface area contributed by atoms with Gasteiger partial charge in [0.2, 0.25) is 0 Å². The monoisotopic (exact) mass is 336 g/mol. The van der Waals surface area contributed by atoms with Crippen LogP contribution < -0.4 is 0 Å². The van der Waals surface area contributed by atoms with Crippen molar-refractivity contribution >= 4 is 27.5 Å². The van der Waals surface area contributed by atoms with Crippen LogP contribution in [0.15, 0.2) is 30.3 Å². The fraction of sp³-hybridized carbons (Fsp3) is 0.294. The molecule has 0 spiro atoms. The summed E-state index contributed by atoms with van der Waals surface area (Å²) in [6.45, 7) is 8.51. The standard InChI is InChI=1S/C17H18BrCl/c1-10-6-5-7-14(13(10)4)17(18)15-8-11(2)12(3)9-16(15)19/h5-9,17H,1-4H3. The second-order valence-electron chi connectivity index (χ2n) is 5.11. The first-order valence-electron chi connectivity index (χ1n) is 6.38. The molecule has 19 heavy (non-hydrogen) atoms. The van der Waals surface area contributed by atoms with Crippen molar-refractivity contribution in [1.82, 2.24) is 0 Å². The molecule has 1 atom stereocenters. The van der Waals surface area contributed by atoms with E-state index in [1.165, 1.54) is 27.8 Å². The van der Waals surface area contributed by atoms with Crippen LogP contribution in [0.2, 0.25) is 5.02 Å². The zero-order chi connectivity index (χ0) is 14.2. The molecule has 0 radical (unpaired) electrons. The number of rotatable bonds is 2. The zero-order valence-electron chi connectivity index (χ0n) is 11.7. The van der Waals surface area contributed by atoms with Gasteiger partial charge in [-0.05, 0) is 67.1 Å². The van der Waals surface area contributed by atoms with Crippen LogP contribution in [0.5, 0.6) is 0 Å². The summed E-state index contributed by atoms with van der Waals surface area (Å²) < 4.78 is 0. The quantitative estimate of drug-likeness (QED) is 0.584. The Morgan fingerprint density at radius 2 is 1.53 bits per heavy atom. The Hall–Kier alpha value is -0.790. The van der Waals surface area contributed by atoms with Crippen molar-refractivity contribution in [2.45, 2.75) is 32.5 Å². The lowest BCUT2D eigenvalue weighted by Crippen LogP contribution is -1.99. The second kappa shape index (κ2) is 5.68. The molecule has 100 valence electrons. The molecule has 2 heteroatoms. The summed E-state index contributed by atoms with van der Waals surface area (Å²) in [7, 11) is 0. The van der Waals surface area contributed by atoms with Gasteiger partial charge in [0.1, 0.15) is 0 Å². The van der Waals surface area contributed by atoms with E-state index in [1.807, 2.05) is 6.07 Å². The third kappa shape index (κ3) is 2.88. The maximum Gasteiger partial charge on any atom is 0.0661 e. The van der Waals surface area contributed by atoms with Gasteiger partial charge < -0.3 is 0 Å². The van der Waals surface area contributed by atoms with Crippen LogP contribution in [-0.2, 0) is 0 Å². The number of benzene rings is 2. The second-order valence-corrected chi connectivity index (χ2v) is 6.43. The average Bonchev–Trinajstić information content (AvgIpc) is 2.36. The summed E-state index contributed by atoms with van der Waals surface area (Å²) in [4.78, 5) is 0.138. The molecule has 1 unspecified atom stereocenters. The van der Waals surface area contributed by atoms with Crippen LogP contribution in [0.1, 0.15) is 38.2 Å². The fourth-order valence-electron chi connectivity index (χ4n) is 2.21. The minimum Gasteiger partial charge on any atom is -0.0840 e. The van der Waals surface area contributed by atoms with Gasteiger partial charge in [-0.2, -0.15) is 0 Å². The van der Waals surface area contributed by atoms with Gasteiger partial charge in [-0.3, -0.25) is 0 Å². The molecule has 0 aliphatic carbocycles. The van der Waals surface area contributed by atoms with E-state index in [9.17, 15) is 0 Å². The third-order valence-electron chi connectivity index (χ3n) is 3.81. The SMILES string of the molecule is Cc1cc(Cl)c(C(Br)c2cccc(C)c2C)cc1C. The summed E-state index contributed by atoms with van der Waals surface area (Å²) in [5.41, 5.74) is 7.55. The first kappa shape index (κ1) is 14.6. The third-order valence-corrected chi connectivity index (χ3v) is 5.12. The average molecular weight is 338 g/mol. The molecule has 0 N–H and O–H groups in total. The Kier molecular flexibility index (Phi) is 4.37. The topological polar surface area (TPSA) is 0 Å². The lowest BCUT2D eigenvalue weighted by molar-refractivity contribution is 1.11. The van der Waals surface area contributed by atoms with E-state index in [2.05, 4.69) is 67.9 Å². The minimum atomic E-state index is 0.138. The molecule has 2 aromatic carbocycles. The van der Waals surface area contributed by atoms with Crippen LogP contribution in [0.4, 0.5) is 0 Å². The van der Waals surface area contributed by atoms with Crippen molar-refractivity contribution in [3.05, 3.63) is 68.7 Å². The van der Waals surface area contributed by atoms with Crippen molar-refractivity contribution < 1.29 is 0 Å². The molecule has 0 fully saturated rings. The van der Waals surface area contributed by atoms with Gasteiger partial charge in [-0.25, -0.2) is 0 Å². The van der Waals surface area contributed by atoms with Crippen LogP contribution in [0.3, 0.4) is 0 Å².